The zero-order chi connectivity index (χ0) is 19.4. The Kier molecular flexibility index (Phi) is 6.20. The van der Waals surface area contributed by atoms with Gasteiger partial charge in [-0.2, -0.15) is 0 Å². The van der Waals surface area contributed by atoms with Crippen LogP contribution < -0.4 is 4.57 Å². The Morgan fingerprint density at radius 1 is 1.16 bits per heavy atom. The summed E-state index contributed by atoms with van der Waals surface area (Å²) < 4.78 is 63.3. The topological polar surface area (TPSA) is 21.2 Å². The first-order valence-corrected chi connectivity index (χ1v) is 9.41. The molecule has 0 saturated carbocycles. The summed E-state index contributed by atoms with van der Waals surface area (Å²) in [6.07, 6.45) is 7.82. The maximum absolute atomic E-state index is 10.7. The molecule has 2 aromatic rings. The van der Waals surface area contributed by atoms with Gasteiger partial charge in [0.25, 0.3) is 0 Å². The van der Waals surface area contributed by atoms with Gasteiger partial charge in [0, 0.05) is 16.8 Å². The summed E-state index contributed by atoms with van der Waals surface area (Å²) in [6, 6.07) is 5.39. The van der Waals surface area contributed by atoms with E-state index in [2.05, 4.69) is 9.56 Å². The zero-order valence-electron chi connectivity index (χ0n) is 12.8. The van der Waals surface area contributed by atoms with Crippen molar-refractivity contribution in [3.05, 3.63) is 52.5 Å². The average Bonchev–Trinajstić information content (AvgIpc) is 2.79. The number of nitrogens with zero attached hydrogens (tertiary/aromatic N) is 3. The van der Waals surface area contributed by atoms with Gasteiger partial charge < -0.3 is 0 Å². The van der Waals surface area contributed by atoms with Crippen molar-refractivity contribution in [1.29, 1.82) is 0 Å². The van der Waals surface area contributed by atoms with E-state index < -0.39 is 7.81 Å². The van der Waals surface area contributed by atoms with Crippen LogP contribution >= 0.6 is 31.0 Å². The molecular weight excluding hydrogens is 414 g/mol. The Morgan fingerprint density at radius 3 is 2.24 bits per heavy atom. The summed E-state index contributed by atoms with van der Waals surface area (Å²) >= 11 is 11.9. The van der Waals surface area contributed by atoms with E-state index in [1.807, 2.05) is 36.4 Å². The van der Waals surface area contributed by atoms with E-state index >= 15 is 0 Å². The van der Waals surface area contributed by atoms with E-state index in [0.29, 0.717) is 16.6 Å². The molecule has 0 unspecified atom stereocenters. The normalized spacial score (nSPS) is 14.6. The predicted octanol–water partition coefficient (Wildman–Crippen LogP) is 6.12. The fourth-order valence-corrected chi connectivity index (χ4v) is 2.03. The Hall–Kier alpha value is -1.31. The Bertz CT molecular complexity index is 747. The van der Waals surface area contributed by atoms with Crippen LogP contribution in [0.1, 0.15) is 5.56 Å². The predicted molar refractivity (Wildman–Crippen MR) is 88.1 cm³/mol. The molecule has 0 N–H and O–H groups in total. The summed E-state index contributed by atoms with van der Waals surface area (Å²) in [7, 11) is -8.66. The second-order valence-electron chi connectivity index (χ2n) is 4.98. The van der Waals surface area contributed by atoms with Gasteiger partial charge in [0.1, 0.15) is 18.9 Å². The van der Waals surface area contributed by atoms with Crippen LogP contribution in [0, 0.1) is 0 Å². The van der Waals surface area contributed by atoms with Gasteiger partial charge >= 0.3 is 33.0 Å². The molecule has 1 aromatic heterocycles. The minimum absolute atomic E-state index is 0.624. The SMILES string of the molecule is C[n+]1ccn(CCN=Cc2ccc(Cl)cc2Cl)c1.F[P-](F)(F)(F)(F)F. The number of benzene rings is 1. The number of aryl methyl sites for hydroxylation is 1. The van der Waals surface area contributed by atoms with Crippen LogP contribution in [0.5, 0.6) is 0 Å². The Balaban J connectivity index is 0.000000381. The van der Waals surface area contributed by atoms with Gasteiger partial charge in [0.15, 0.2) is 0 Å². The number of halogens is 8. The average molecular weight is 428 g/mol. The molecular formula is C13H14Cl2F6N3P. The first kappa shape index (κ1) is 21.7. The standard InChI is InChI=1S/C13H14Cl2N3.F6P/c1-17-6-7-18(10-17)5-4-16-9-11-2-3-12(14)8-13(11)15;1-7(2,3,4,5)6/h2-3,6-10H,4-5H2,1H3;/q+1;-1. The van der Waals surface area contributed by atoms with E-state index in [1.54, 1.807) is 18.3 Å². The van der Waals surface area contributed by atoms with Gasteiger partial charge in [-0.05, 0) is 12.1 Å². The van der Waals surface area contributed by atoms with Crippen molar-refractivity contribution in [3.63, 3.8) is 0 Å². The molecule has 0 atom stereocenters. The van der Waals surface area contributed by atoms with Crippen LogP contribution in [0.25, 0.3) is 0 Å². The minimum atomic E-state index is -10.7. The van der Waals surface area contributed by atoms with Gasteiger partial charge in [-0.1, -0.05) is 29.3 Å². The molecule has 0 amide bonds. The Morgan fingerprint density at radius 2 is 1.76 bits per heavy atom. The molecule has 1 heterocycles. The summed E-state index contributed by atoms with van der Waals surface area (Å²) in [5, 5.41) is 1.26. The summed E-state index contributed by atoms with van der Waals surface area (Å²) in [5.41, 5.74) is 0.888. The van der Waals surface area contributed by atoms with Gasteiger partial charge in [0.05, 0.1) is 18.6 Å². The van der Waals surface area contributed by atoms with E-state index in [4.69, 9.17) is 23.2 Å². The van der Waals surface area contributed by atoms with Crippen molar-refractivity contribution in [2.24, 2.45) is 12.0 Å². The van der Waals surface area contributed by atoms with Crippen LogP contribution in [0.2, 0.25) is 10.0 Å². The summed E-state index contributed by atoms with van der Waals surface area (Å²) in [5.74, 6) is 0. The molecule has 0 spiro atoms. The van der Waals surface area contributed by atoms with Gasteiger partial charge in [-0.15, -0.1) is 0 Å². The number of hydrogen-bond donors (Lipinski definition) is 0. The molecule has 2 rings (SSSR count). The summed E-state index contributed by atoms with van der Waals surface area (Å²) in [6.45, 7) is 1.57. The molecule has 0 radical (unpaired) electrons. The van der Waals surface area contributed by atoms with Crippen molar-refractivity contribution in [2.75, 3.05) is 6.54 Å². The molecule has 0 bridgehead atoms. The monoisotopic (exact) mass is 427 g/mol. The van der Waals surface area contributed by atoms with Crippen molar-refractivity contribution >= 4 is 37.2 Å². The van der Waals surface area contributed by atoms with Crippen LogP contribution in [-0.2, 0) is 13.6 Å². The molecule has 0 saturated heterocycles. The second-order valence-corrected chi connectivity index (χ2v) is 7.74. The molecule has 0 aliphatic carbocycles. The van der Waals surface area contributed by atoms with Crippen molar-refractivity contribution < 1.29 is 29.7 Å². The van der Waals surface area contributed by atoms with Crippen LogP contribution in [-0.4, -0.2) is 17.3 Å². The molecule has 1 aromatic carbocycles. The molecule has 0 aliphatic rings. The number of aliphatic imine (C=N–C) groups is 1. The molecule has 142 valence electrons. The fraction of sp³-hybridized carbons (Fsp3) is 0.231. The van der Waals surface area contributed by atoms with Crippen molar-refractivity contribution in [2.45, 2.75) is 6.54 Å². The van der Waals surface area contributed by atoms with E-state index in [-0.39, 0.29) is 0 Å². The van der Waals surface area contributed by atoms with Gasteiger partial charge in [-0.3, -0.25) is 4.99 Å². The Labute approximate surface area is 149 Å². The van der Waals surface area contributed by atoms with Crippen molar-refractivity contribution in [1.82, 2.24) is 4.57 Å². The third-order valence-electron chi connectivity index (χ3n) is 2.50. The summed E-state index contributed by atoms with van der Waals surface area (Å²) in [4.78, 5) is 4.35. The van der Waals surface area contributed by atoms with E-state index in [1.165, 1.54) is 0 Å². The van der Waals surface area contributed by atoms with Crippen LogP contribution in [0.3, 0.4) is 0 Å². The zero-order valence-corrected chi connectivity index (χ0v) is 15.2. The van der Waals surface area contributed by atoms with Crippen molar-refractivity contribution in [3.8, 4) is 0 Å². The maximum atomic E-state index is 9.87. The molecule has 3 nitrogen and oxygen atoms in total. The molecule has 0 fully saturated rings. The van der Waals surface area contributed by atoms with E-state index in [9.17, 15) is 25.2 Å². The third-order valence-corrected chi connectivity index (χ3v) is 3.07. The first-order chi connectivity index (χ1) is 11.1. The fourth-order valence-electron chi connectivity index (χ4n) is 1.58. The molecule has 0 aliphatic heterocycles. The second kappa shape index (κ2) is 7.13. The molecule has 12 heteroatoms. The number of aromatic nitrogens is 2. The van der Waals surface area contributed by atoms with Gasteiger partial charge in [-0.25, -0.2) is 9.13 Å². The quantitative estimate of drug-likeness (QED) is 0.242. The van der Waals surface area contributed by atoms with Crippen LogP contribution in [0.15, 0.2) is 41.9 Å². The number of imidazole rings is 1. The molecule has 25 heavy (non-hydrogen) atoms. The van der Waals surface area contributed by atoms with Gasteiger partial charge in [0.2, 0.25) is 6.33 Å². The number of rotatable bonds is 4. The van der Waals surface area contributed by atoms with E-state index in [0.717, 1.165) is 12.1 Å². The van der Waals surface area contributed by atoms with Crippen LogP contribution in [0.4, 0.5) is 25.2 Å². The first-order valence-electron chi connectivity index (χ1n) is 6.62. The number of hydrogen-bond acceptors (Lipinski definition) is 1. The third kappa shape index (κ3) is 12.7.